The molecule has 44 heavy (non-hydrogen) atoms. The van der Waals surface area contributed by atoms with E-state index in [0.29, 0.717) is 31.2 Å². The van der Waals surface area contributed by atoms with E-state index in [4.69, 9.17) is 0 Å². The lowest BCUT2D eigenvalue weighted by Gasteiger charge is -2.40. The zero-order valence-corrected chi connectivity index (χ0v) is 28.2. The normalized spacial score (nSPS) is 18.0. The molecule has 0 aromatic heterocycles. The van der Waals surface area contributed by atoms with Gasteiger partial charge in [0.25, 0.3) is 0 Å². The molecule has 8 nitrogen and oxygen atoms in total. The number of aliphatic hydroxyl groups is 2. The van der Waals surface area contributed by atoms with Gasteiger partial charge in [-0.05, 0) is 69.8 Å². The zero-order valence-electron chi connectivity index (χ0n) is 28.2. The molecule has 3 amide bonds. The second kappa shape index (κ2) is 16.7. The molecule has 8 heteroatoms. The fraction of sp³-hybridized carbons (Fsp3) is 0.750. The van der Waals surface area contributed by atoms with Gasteiger partial charge in [-0.1, -0.05) is 76.3 Å². The van der Waals surface area contributed by atoms with Crippen LogP contribution in [-0.2, 0) is 20.9 Å². The van der Waals surface area contributed by atoms with Crippen molar-refractivity contribution in [2.75, 3.05) is 20.1 Å². The Morgan fingerprint density at radius 3 is 2.05 bits per heavy atom. The summed E-state index contributed by atoms with van der Waals surface area (Å²) in [4.78, 5) is 45.8. The van der Waals surface area contributed by atoms with Gasteiger partial charge in [0.1, 0.15) is 12.6 Å². The van der Waals surface area contributed by atoms with Crippen LogP contribution in [0.2, 0.25) is 0 Å². The van der Waals surface area contributed by atoms with E-state index in [1.165, 1.54) is 6.42 Å². The molecule has 1 aromatic carbocycles. The number of rotatable bonds is 16. The summed E-state index contributed by atoms with van der Waals surface area (Å²) in [6, 6.07) is 9.12. The van der Waals surface area contributed by atoms with Crippen LogP contribution >= 0.6 is 0 Å². The van der Waals surface area contributed by atoms with Crippen LogP contribution in [-0.4, -0.2) is 86.6 Å². The first-order valence-corrected chi connectivity index (χ1v) is 17.0. The van der Waals surface area contributed by atoms with E-state index in [1.54, 1.807) is 16.8 Å². The number of hydrogen-bond acceptors (Lipinski definition) is 5. The smallest absolute Gasteiger partial charge is 0.242 e. The summed E-state index contributed by atoms with van der Waals surface area (Å²) >= 11 is 0. The predicted octanol–water partition coefficient (Wildman–Crippen LogP) is 5.40. The van der Waals surface area contributed by atoms with Gasteiger partial charge in [0.05, 0.1) is 12.1 Å². The van der Waals surface area contributed by atoms with Crippen LogP contribution in [0.5, 0.6) is 0 Å². The lowest BCUT2D eigenvalue weighted by molar-refractivity contribution is -0.145. The van der Waals surface area contributed by atoms with Gasteiger partial charge in [-0.2, -0.15) is 0 Å². The standard InChI is InChI=1S/C36H59N3O5/c1-26(2)21-31(40)35(44)30(22-27-13-9-7-10-14-27)39(24-29-17-18-29)33(42)20-19-32(41)38(23-28-15-11-8-12-16-28)25-34(43)37(6)36(3,4)5/h8,11-12,15-16,26-27,29-31,35,40,44H,7,9-10,13-14,17-25H2,1-6H3/t30-,31-,35+/m0/s1. The van der Waals surface area contributed by atoms with Crippen molar-refractivity contribution < 1.29 is 24.6 Å². The molecule has 2 fully saturated rings. The Kier molecular flexibility index (Phi) is 13.7. The molecule has 2 saturated carbocycles. The molecular formula is C36H59N3O5. The minimum Gasteiger partial charge on any atom is -0.390 e. The van der Waals surface area contributed by atoms with Crippen LogP contribution in [0.4, 0.5) is 0 Å². The molecule has 0 heterocycles. The molecule has 2 aliphatic carbocycles. The van der Waals surface area contributed by atoms with Crippen molar-refractivity contribution in [3.8, 4) is 0 Å². The highest BCUT2D eigenvalue weighted by Crippen LogP contribution is 2.35. The second-order valence-corrected chi connectivity index (χ2v) is 14.8. The third-order valence-electron chi connectivity index (χ3n) is 9.50. The number of carbonyl (C=O) groups excluding carboxylic acids is 3. The number of nitrogens with zero attached hydrogens (tertiary/aromatic N) is 3. The van der Waals surface area contributed by atoms with E-state index >= 15 is 0 Å². The molecule has 2 aliphatic rings. The highest BCUT2D eigenvalue weighted by atomic mass is 16.3. The first-order valence-electron chi connectivity index (χ1n) is 17.0. The molecule has 0 saturated heterocycles. The Balaban J connectivity index is 1.77. The van der Waals surface area contributed by atoms with Crippen molar-refractivity contribution in [1.29, 1.82) is 0 Å². The molecule has 2 N–H and O–H groups in total. The maximum absolute atomic E-state index is 14.0. The number of hydrogen-bond donors (Lipinski definition) is 2. The van der Waals surface area contributed by atoms with E-state index in [0.717, 1.165) is 44.1 Å². The Morgan fingerprint density at radius 1 is 0.864 bits per heavy atom. The molecule has 0 aliphatic heterocycles. The number of aliphatic hydroxyl groups excluding tert-OH is 2. The maximum Gasteiger partial charge on any atom is 0.242 e. The van der Waals surface area contributed by atoms with Crippen LogP contribution in [0.15, 0.2) is 30.3 Å². The Labute approximate surface area is 266 Å². The molecule has 248 valence electrons. The predicted molar refractivity (Wildman–Crippen MR) is 175 cm³/mol. The van der Waals surface area contributed by atoms with Gasteiger partial charge in [-0.15, -0.1) is 0 Å². The fourth-order valence-corrected chi connectivity index (χ4v) is 6.29. The van der Waals surface area contributed by atoms with Gasteiger partial charge in [0.2, 0.25) is 17.7 Å². The highest BCUT2D eigenvalue weighted by molar-refractivity contribution is 5.87. The number of carbonyl (C=O) groups is 3. The number of benzene rings is 1. The average Bonchev–Trinajstić information content (AvgIpc) is 3.81. The van der Waals surface area contributed by atoms with Crippen molar-refractivity contribution in [3.05, 3.63) is 35.9 Å². The summed E-state index contributed by atoms with van der Waals surface area (Å²) in [5.74, 6) is 0.484. The quantitative estimate of drug-likeness (QED) is 0.260. The van der Waals surface area contributed by atoms with Crippen LogP contribution in [0.3, 0.4) is 0 Å². The van der Waals surface area contributed by atoms with Crippen molar-refractivity contribution in [3.63, 3.8) is 0 Å². The summed E-state index contributed by atoms with van der Waals surface area (Å²) in [6.07, 6.45) is 7.02. The molecule has 3 atom stereocenters. The number of likely N-dealkylation sites (N-methyl/N-ethyl adjacent to an activating group) is 1. The first kappa shape index (κ1) is 36.0. The van der Waals surface area contributed by atoms with Crippen molar-refractivity contribution in [2.24, 2.45) is 17.8 Å². The van der Waals surface area contributed by atoms with Gasteiger partial charge in [0.15, 0.2) is 0 Å². The van der Waals surface area contributed by atoms with Gasteiger partial charge in [-0.3, -0.25) is 14.4 Å². The van der Waals surface area contributed by atoms with Gasteiger partial charge >= 0.3 is 0 Å². The van der Waals surface area contributed by atoms with E-state index < -0.39 is 18.2 Å². The summed E-state index contributed by atoms with van der Waals surface area (Å²) in [6.45, 7) is 10.7. The third-order valence-corrected chi connectivity index (χ3v) is 9.50. The second-order valence-electron chi connectivity index (χ2n) is 14.8. The maximum atomic E-state index is 14.0. The SMILES string of the molecule is CC(C)C[C@H](O)[C@H](O)[C@H](CC1CCCCC1)N(CC1CC1)C(=O)CCC(=O)N(CC(=O)N(C)C(C)(C)C)Cc1ccccc1. The Morgan fingerprint density at radius 2 is 1.48 bits per heavy atom. The highest BCUT2D eigenvalue weighted by Gasteiger charge is 2.39. The van der Waals surface area contributed by atoms with E-state index in [1.807, 2.05) is 69.9 Å². The van der Waals surface area contributed by atoms with E-state index in [2.05, 4.69) is 0 Å². The minimum atomic E-state index is -1.03. The zero-order chi connectivity index (χ0) is 32.4. The molecule has 3 rings (SSSR count). The monoisotopic (exact) mass is 613 g/mol. The van der Waals surface area contributed by atoms with Gasteiger partial charge in [0, 0.05) is 38.5 Å². The average molecular weight is 614 g/mol. The Hall–Kier alpha value is -2.45. The van der Waals surface area contributed by atoms with E-state index in [9.17, 15) is 24.6 Å². The lowest BCUT2D eigenvalue weighted by atomic mass is 9.81. The summed E-state index contributed by atoms with van der Waals surface area (Å²) in [5, 5.41) is 22.5. The lowest BCUT2D eigenvalue weighted by Crippen LogP contribution is -2.53. The van der Waals surface area contributed by atoms with Crippen LogP contribution in [0, 0.1) is 17.8 Å². The molecule has 1 aromatic rings. The Bertz CT molecular complexity index is 1050. The van der Waals surface area contributed by atoms with Crippen LogP contribution in [0.1, 0.15) is 111 Å². The molecule has 0 bridgehead atoms. The first-order chi connectivity index (χ1) is 20.8. The summed E-state index contributed by atoms with van der Waals surface area (Å²) in [7, 11) is 1.75. The van der Waals surface area contributed by atoms with Gasteiger partial charge in [-0.25, -0.2) is 0 Å². The minimum absolute atomic E-state index is 0.00824. The fourth-order valence-electron chi connectivity index (χ4n) is 6.29. The van der Waals surface area contributed by atoms with Crippen molar-refractivity contribution >= 4 is 17.7 Å². The third kappa shape index (κ3) is 11.5. The van der Waals surface area contributed by atoms with Gasteiger partial charge < -0.3 is 24.9 Å². The number of amides is 3. The largest absolute Gasteiger partial charge is 0.390 e. The van der Waals surface area contributed by atoms with Crippen molar-refractivity contribution in [1.82, 2.24) is 14.7 Å². The molecule has 0 unspecified atom stereocenters. The van der Waals surface area contributed by atoms with E-state index in [-0.39, 0.29) is 55.1 Å². The topological polar surface area (TPSA) is 101 Å². The molecule has 0 spiro atoms. The van der Waals surface area contributed by atoms with Crippen LogP contribution < -0.4 is 0 Å². The summed E-state index contributed by atoms with van der Waals surface area (Å²) in [5.41, 5.74) is 0.537. The van der Waals surface area contributed by atoms with Crippen molar-refractivity contribution in [2.45, 2.75) is 136 Å². The van der Waals surface area contributed by atoms with Crippen LogP contribution in [0.25, 0.3) is 0 Å². The molecule has 0 radical (unpaired) electrons. The molecular weight excluding hydrogens is 554 g/mol. The summed E-state index contributed by atoms with van der Waals surface area (Å²) < 4.78 is 0.